The molecule has 48 heavy (non-hydrogen) atoms. The number of ether oxygens (including phenoxy) is 6. The van der Waals surface area contributed by atoms with Crippen molar-refractivity contribution < 1.29 is 38.0 Å². The molecule has 1 saturated heterocycles. The molecule has 0 aromatic carbocycles. The Kier molecular flexibility index (Phi) is 11.8. The van der Waals surface area contributed by atoms with Crippen molar-refractivity contribution in [2.45, 2.75) is 146 Å². The minimum atomic E-state index is -0.632. The Morgan fingerprint density at radius 2 is 1.77 bits per heavy atom. The molecule has 3 unspecified atom stereocenters. The summed E-state index contributed by atoms with van der Waals surface area (Å²) < 4.78 is 36.2. The van der Waals surface area contributed by atoms with E-state index in [9.17, 15) is 9.59 Å². The number of aromatic nitrogens is 1. The van der Waals surface area contributed by atoms with Crippen molar-refractivity contribution in [3.8, 4) is 0 Å². The Labute approximate surface area is 290 Å². The van der Waals surface area contributed by atoms with Gasteiger partial charge in [-0.05, 0) is 82.6 Å². The van der Waals surface area contributed by atoms with Crippen molar-refractivity contribution in [1.29, 1.82) is 0 Å². The van der Waals surface area contributed by atoms with Gasteiger partial charge in [0.15, 0.2) is 12.1 Å². The molecule has 268 valence electrons. The zero-order valence-corrected chi connectivity index (χ0v) is 30.8. The molecule has 6 rings (SSSR count). The fourth-order valence-corrected chi connectivity index (χ4v) is 10.2. The standard InChI is InChI=1S/C38H57NO8S/c1-8-24-12-10-9-11-20(2)35(41)29-17-27-26-15-25(47-38(31(44-7)19-42-5)45-22(4)21(3)43-6)16-30(26)36-34(39-37(48-36)23-13-14-23)33(27)28(29)18-32(40)46-24/h17,20-28,30-31,33,38H,8-16,18-19H2,1-7H3/t20-,21-,22?,24+,25+,26+,27+,28-,30?,31+,33-,38?/m1/s1. The van der Waals surface area contributed by atoms with Crippen molar-refractivity contribution in [1.82, 2.24) is 4.98 Å². The lowest BCUT2D eigenvalue weighted by Gasteiger charge is -2.37. The molecule has 0 amide bonds. The quantitative estimate of drug-likeness (QED) is 0.168. The number of hydrogen-bond donors (Lipinski definition) is 0. The molecular weight excluding hydrogens is 630 g/mol. The van der Waals surface area contributed by atoms with Gasteiger partial charge in [-0.15, -0.1) is 11.3 Å². The monoisotopic (exact) mass is 687 g/mol. The highest BCUT2D eigenvalue weighted by atomic mass is 32.1. The van der Waals surface area contributed by atoms with Crippen LogP contribution in [0.4, 0.5) is 0 Å². The minimum Gasteiger partial charge on any atom is -0.462 e. The summed E-state index contributed by atoms with van der Waals surface area (Å²) in [7, 11) is 5.00. The van der Waals surface area contributed by atoms with Gasteiger partial charge in [0.05, 0.1) is 42.0 Å². The van der Waals surface area contributed by atoms with Crippen LogP contribution in [0.3, 0.4) is 0 Å². The molecule has 0 N–H and O–H groups in total. The highest BCUT2D eigenvalue weighted by Gasteiger charge is 2.56. The first-order chi connectivity index (χ1) is 23.2. The Bertz CT molecular complexity index is 1310. The van der Waals surface area contributed by atoms with Crippen LogP contribution in [-0.4, -0.2) is 81.5 Å². The zero-order valence-electron chi connectivity index (χ0n) is 30.0. The smallest absolute Gasteiger partial charge is 0.306 e. The largest absolute Gasteiger partial charge is 0.462 e. The van der Waals surface area contributed by atoms with E-state index in [1.54, 1.807) is 21.3 Å². The number of carbonyl (C=O) groups is 2. The summed E-state index contributed by atoms with van der Waals surface area (Å²) in [5, 5.41) is 1.22. The number of ketones is 1. The summed E-state index contributed by atoms with van der Waals surface area (Å²) in [5.41, 5.74) is 1.96. The van der Waals surface area contributed by atoms with Crippen molar-refractivity contribution in [2.75, 3.05) is 27.9 Å². The second-order valence-corrected chi connectivity index (χ2v) is 16.1. The van der Waals surface area contributed by atoms with Gasteiger partial charge in [-0.25, -0.2) is 4.98 Å². The van der Waals surface area contributed by atoms with Crippen LogP contribution in [0.25, 0.3) is 0 Å². The number of carbonyl (C=O) groups excluding carboxylic acids is 2. The molecule has 2 heterocycles. The lowest BCUT2D eigenvalue weighted by atomic mass is 9.67. The van der Waals surface area contributed by atoms with Crippen LogP contribution >= 0.6 is 11.3 Å². The van der Waals surface area contributed by atoms with E-state index in [0.717, 1.165) is 56.2 Å². The van der Waals surface area contributed by atoms with Crippen molar-refractivity contribution >= 4 is 23.1 Å². The molecule has 0 radical (unpaired) electrons. The summed E-state index contributed by atoms with van der Waals surface area (Å²) in [6.45, 7) is 8.48. The maximum absolute atomic E-state index is 14.2. The third kappa shape index (κ3) is 7.49. The molecule has 1 aliphatic heterocycles. The highest BCUT2D eigenvalue weighted by Crippen LogP contribution is 2.63. The maximum atomic E-state index is 14.2. The number of Topliss-reactive ketones (excluding diaryl/α,β-unsaturated/α-hetero) is 1. The Balaban J connectivity index is 1.33. The van der Waals surface area contributed by atoms with Gasteiger partial charge in [0.1, 0.15) is 12.2 Å². The molecular formula is C38H57NO8S. The average molecular weight is 688 g/mol. The van der Waals surface area contributed by atoms with E-state index in [1.807, 2.05) is 25.2 Å². The number of esters is 1. The van der Waals surface area contributed by atoms with Crippen molar-refractivity contribution in [3.63, 3.8) is 0 Å². The van der Waals surface area contributed by atoms with Crippen LogP contribution in [0, 0.1) is 23.7 Å². The number of methoxy groups -OCH3 is 3. The normalized spacial score (nSPS) is 34.8. The maximum Gasteiger partial charge on any atom is 0.306 e. The second kappa shape index (κ2) is 15.7. The Hall–Kier alpha value is -1.69. The summed E-state index contributed by atoms with van der Waals surface area (Å²) in [5.74, 6) is 0.941. The molecule has 4 aliphatic carbocycles. The fourth-order valence-electron chi connectivity index (χ4n) is 8.72. The Morgan fingerprint density at radius 3 is 2.46 bits per heavy atom. The number of rotatable bonds is 12. The van der Waals surface area contributed by atoms with E-state index in [-0.39, 0.29) is 78.1 Å². The van der Waals surface area contributed by atoms with E-state index in [4.69, 9.17) is 33.4 Å². The number of allylic oxidation sites excluding steroid dienone is 2. The predicted molar refractivity (Wildman–Crippen MR) is 183 cm³/mol. The SMILES string of the molecule is CC[C@H]1CCCC[C@@H](C)C(=O)C2=C[C@@H]3[C@@H](c4nc(C5CC5)sc4C4C[C@@H](OC(OC(C)[C@@H](C)OC)[C@H](COC)OC)C[C@H]43)[C@@H]2CC(=O)O1. The van der Waals surface area contributed by atoms with Crippen LogP contribution < -0.4 is 0 Å². The summed E-state index contributed by atoms with van der Waals surface area (Å²) in [6, 6.07) is 0. The third-order valence-electron chi connectivity index (χ3n) is 11.9. The molecule has 1 aromatic heterocycles. The molecule has 12 atom stereocenters. The van der Waals surface area contributed by atoms with E-state index >= 15 is 0 Å². The first kappa shape index (κ1) is 36.1. The van der Waals surface area contributed by atoms with Gasteiger partial charge in [0, 0.05) is 55.8 Å². The van der Waals surface area contributed by atoms with Crippen molar-refractivity contribution in [2.24, 2.45) is 23.7 Å². The van der Waals surface area contributed by atoms with Gasteiger partial charge in [-0.1, -0.05) is 26.3 Å². The van der Waals surface area contributed by atoms with Crippen LogP contribution in [0.5, 0.6) is 0 Å². The molecule has 5 aliphatic rings. The molecule has 3 fully saturated rings. The lowest BCUT2D eigenvalue weighted by Crippen LogP contribution is -2.43. The molecule has 2 saturated carbocycles. The predicted octanol–water partition coefficient (Wildman–Crippen LogP) is 7.09. The van der Waals surface area contributed by atoms with Crippen LogP contribution in [0.1, 0.15) is 125 Å². The van der Waals surface area contributed by atoms with E-state index in [2.05, 4.69) is 19.9 Å². The number of cyclic esters (lactones) is 1. The van der Waals surface area contributed by atoms with E-state index < -0.39 is 12.4 Å². The van der Waals surface area contributed by atoms with Gasteiger partial charge >= 0.3 is 5.97 Å². The Morgan fingerprint density at radius 1 is 1.00 bits per heavy atom. The minimum absolute atomic E-state index is 0.000281. The van der Waals surface area contributed by atoms with Crippen molar-refractivity contribution in [3.05, 3.63) is 27.2 Å². The van der Waals surface area contributed by atoms with Gasteiger partial charge < -0.3 is 28.4 Å². The zero-order chi connectivity index (χ0) is 34.1. The van der Waals surface area contributed by atoms with Crippen LogP contribution in [-0.2, 0) is 38.0 Å². The molecule has 0 bridgehead atoms. The van der Waals surface area contributed by atoms with Gasteiger partial charge in [-0.3, -0.25) is 9.59 Å². The first-order valence-electron chi connectivity index (χ1n) is 18.5. The number of thiazole rings is 1. The van der Waals surface area contributed by atoms with Crippen LogP contribution in [0.2, 0.25) is 0 Å². The average Bonchev–Trinajstić information content (AvgIpc) is 3.52. The third-order valence-corrected chi connectivity index (χ3v) is 13.3. The highest BCUT2D eigenvalue weighted by molar-refractivity contribution is 7.12. The number of nitrogens with zero attached hydrogens (tertiary/aromatic N) is 1. The van der Waals surface area contributed by atoms with Gasteiger partial charge in [0.25, 0.3) is 0 Å². The summed E-state index contributed by atoms with van der Waals surface area (Å²) in [6.07, 6.45) is 9.51. The summed E-state index contributed by atoms with van der Waals surface area (Å²) in [4.78, 5) is 34.5. The van der Waals surface area contributed by atoms with Gasteiger partial charge in [0.2, 0.25) is 0 Å². The van der Waals surface area contributed by atoms with Gasteiger partial charge in [-0.2, -0.15) is 0 Å². The number of hydrogen-bond acceptors (Lipinski definition) is 10. The first-order valence-corrected chi connectivity index (χ1v) is 19.3. The molecule has 9 nitrogen and oxygen atoms in total. The molecule has 0 spiro atoms. The van der Waals surface area contributed by atoms with Crippen LogP contribution in [0.15, 0.2) is 11.6 Å². The fraction of sp³-hybridized carbons (Fsp3) is 0.816. The number of fused-ring (bicyclic) bond motifs is 8. The molecule has 10 heteroatoms. The lowest BCUT2D eigenvalue weighted by molar-refractivity contribution is -0.255. The second-order valence-electron chi connectivity index (χ2n) is 15.1. The summed E-state index contributed by atoms with van der Waals surface area (Å²) >= 11 is 1.87. The van der Waals surface area contributed by atoms with E-state index in [1.165, 1.54) is 22.7 Å². The topological polar surface area (TPSA) is 102 Å². The van der Waals surface area contributed by atoms with E-state index in [0.29, 0.717) is 12.5 Å². The molecule has 1 aromatic rings.